The minimum Gasteiger partial charge on any atom is -0.466 e. The van der Waals surface area contributed by atoms with Crippen LogP contribution in [0.25, 0.3) is 0 Å². The van der Waals surface area contributed by atoms with Gasteiger partial charge in [0.15, 0.2) is 5.78 Å². The van der Waals surface area contributed by atoms with Crippen LogP contribution in [-0.2, 0) is 19.1 Å². The quantitative estimate of drug-likeness (QED) is 0.533. The molecule has 138 valence electrons. The molecule has 0 heterocycles. The van der Waals surface area contributed by atoms with E-state index in [9.17, 15) is 14.4 Å². The van der Waals surface area contributed by atoms with Gasteiger partial charge in [-0.05, 0) is 55.1 Å². The summed E-state index contributed by atoms with van der Waals surface area (Å²) in [5.74, 6) is 0.649. The average Bonchev–Trinajstić information content (AvgIpc) is 2.91. The highest BCUT2D eigenvalue weighted by atomic mass is 16.5. The largest absolute Gasteiger partial charge is 0.466 e. The first-order valence-electron chi connectivity index (χ1n) is 9.55. The van der Waals surface area contributed by atoms with E-state index in [0.29, 0.717) is 18.3 Å². The average molecular weight is 354 g/mol. The zero-order valence-electron chi connectivity index (χ0n) is 15.7. The molecule has 4 heteroatoms. The molecule has 0 bridgehead atoms. The van der Waals surface area contributed by atoms with E-state index in [0.717, 1.165) is 36.8 Å². The van der Waals surface area contributed by atoms with Gasteiger partial charge in [0.05, 0.1) is 7.11 Å². The molecule has 3 saturated carbocycles. The predicted octanol–water partition coefficient (Wildman–Crippen LogP) is 3.57. The Hall–Kier alpha value is -1.97. The van der Waals surface area contributed by atoms with Crippen LogP contribution < -0.4 is 0 Å². The van der Waals surface area contributed by atoms with Crippen molar-refractivity contribution < 1.29 is 19.1 Å². The molecular formula is C22H26O4. The Labute approximate surface area is 154 Å². The summed E-state index contributed by atoms with van der Waals surface area (Å²) in [6.07, 6.45) is 11.1. The summed E-state index contributed by atoms with van der Waals surface area (Å²) in [5, 5.41) is 0. The van der Waals surface area contributed by atoms with E-state index in [1.54, 1.807) is 18.2 Å². The molecule has 26 heavy (non-hydrogen) atoms. The first kappa shape index (κ1) is 17.4. The summed E-state index contributed by atoms with van der Waals surface area (Å²) in [6.45, 7) is 4.28. The normalized spacial score (nSPS) is 42.8. The van der Waals surface area contributed by atoms with Gasteiger partial charge in [-0.3, -0.25) is 9.59 Å². The van der Waals surface area contributed by atoms with Crippen LogP contribution in [-0.4, -0.2) is 24.6 Å². The second-order valence-corrected chi connectivity index (χ2v) is 8.77. The molecule has 0 saturated heterocycles. The molecule has 5 atom stereocenters. The summed E-state index contributed by atoms with van der Waals surface area (Å²) >= 11 is 0. The highest BCUT2D eigenvalue weighted by Crippen LogP contribution is 2.64. The lowest BCUT2D eigenvalue weighted by Gasteiger charge is -2.55. The van der Waals surface area contributed by atoms with Crippen LogP contribution in [0.5, 0.6) is 0 Å². The molecule has 3 fully saturated rings. The third kappa shape index (κ3) is 2.30. The van der Waals surface area contributed by atoms with Crippen LogP contribution in [0.2, 0.25) is 0 Å². The first-order valence-corrected chi connectivity index (χ1v) is 9.55. The number of carbonyl (C=O) groups is 3. The summed E-state index contributed by atoms with van der Waals surface area (Å²) in [7, 11) is 1.39. The molecule has 4 rings (SSSR count). The second kappa shape index (κ2) is 5.77. The SMILES string of the molecule is COC(=O)/C=C1\CC[C@@H]2[C@H]3CCC4=CC(=O)C=C[C@@]4(C)[C@@H]3C(=O)C[C@@]12C. The van der Waals surface area contributed by atoms with Crippen LogP contribution in [0.4, 0.5) is 0 Å². The maximum atomic E-state index is 13.3. The van der Waals surface area contributed by atoms with Crippen molar-refractivity contribution in [3.63, 3.8) is 0 Å². The summed E-state index contributed by atoms with van der Waals surface area (Å²) in [4.78, 5) is 36.9. The van der Waals surface area contributed by atoms with E-state index in [4.69, 9.17) is 4.74 Å². The summed E-state index contributed by atoms with van der Waals surface area (Å²) in [6, 6.07) is 0. The molecular weight excluding hydrogens is 328 g/mol. The summed E-state index contributed by atoms with van der Waals surface area (Å²) in [5.41, 5.74) is 1.62. The van der Waals surface area contributed by atoms with Crippen molar-refractivity contribution in [1.29, 1.82) is 0 Å². The zero-order chi connectivity index (χ0) is 18.7. The molecule has 0 N–H and O–H groups in total. The van der Waals surface area contributed by atoms with E-state index in [1.165, 1.54) is 7.11 Å². The van der Waals surface area contributed by atoms with Crippen LogP contribution in [0.15, 0.2) is 35.5 Å². The Bertz CT molecular complexity index is 786. The molecule has 0 radical (unpaired) electrons. The lowest BCUT2D eigenvalue weighted by molar-refractivity contribution is -0.140. The number of allylic oxidation sites excluding steroid dienone is 5. The fourth-order valence-electron chi connectivity index (χ4n) is 6.32. The number of esters is 1. The smallest absolute Gasteiger partial charge is 0.330 e. The first-order chi connectivity index (χ1) is 12.3. The molecule has 0 aromatic rings. The Morgan fingerprint density at radius 1 is 1.23 bits per heavy atom. The zero-order valence-corrected chi connectivity index (χ0v) is 15.7. The number of carbonyl (C=O) groups excluding carboxylic acids is 3. The van der Waals surface area contributed by atoms with Crippen molar-refractivity contribution in [2.45, 2.75) is 46.0 Å². The van der Waals surface area contributed by atoms with Crippen LogP contribution >= 0.6 is 0 Å². The third-order valence-corrected chi connectivity index (χ3v) is 7.60. The number of methoxy groups -OCH3 is 1. The van der Waals surface area contributed by atoms with Gasteiger partial charge < -0.3 is 4.74 Å². The molecule has 4 aliphatic carbocycles. The van der Waals surface area contributed by atoms with E-state index < -0.39 is 0 Å². The van der Waals surface area contributed by atoms with E-state index >= 15 is 0 Å². The van der Waals surface area contributed by atoms with Gasteiger partial charge in [0, 0.05) is 23.8 Å². The van der Waals surface area contributed by atoms with Crippen molar-refractivity contribution in [2.24, 2.45) is 28.6 Å². The van der Waals surface area contributed by atoms with Gasteiger partial charge in [0.1, 0.15) is 5.78 Å². The van der Waals surface area contributed by atoms with Crippen molar-refractivity contribution in [1.82, 2.24) is 0 Å². The highest BCUT2D eigenvalue weighted by molar-refractivity contribution is 6.01. The van der Waals surface area contributed by atoms with Gasteiger partial charge in [-0.25, -0.2) is 4.79 Å². The third-order valence-electron chi connectivity index (χ3n) is 7.60. The van der Waals surface area contributed by atoms with Gasteiger partial charge in [-0.2, -0.15) is 0 Å². The number of hydrogen-bond acceptors (Lipinski definition) is 4. The molecule has 0 aromatic heterocycles. The second-order valence-electron chi connectivity index (χ2n) is 8.77. The van der Waals surface area contributed by atoms with Crippen molar-refractivity contribution in [3.8, 4) is 0 Å². The van der Waals surface area contributed by atoms with E-state index in [1.807, 2.05) is 6.08 Å². The van der Waals surface area contributed by atoms with Gasteiger partial charge in [-0.15, -0.1) is 0 Å². The minimum absolute atomic E-state index is 0.0354. The lowest BCUT2D eigenvalue weighted by Crippen LogP contribution is -2.53. The number of Topliss-reactive ketones (excluding diaryl/α,β-unsaturated/α-hetero) is 1. The topological polar surface area (TPSA) is 60.4 Å². The van der Waals surface area contributed by atoms with Crippen molar-refractivity contribution in [2.75, 3.05) is 7.11 Å². The maximum absolute atomic E-state index is 13.3. The van der Waals surface area contributed by atoms with Crippen LogP contribution in [0.3, 0.4) is 0 Å². The minimum atomic E-state index is -0.329. The van der Waals surface area contributed by atoms with E-state index in [-0.39, 0.29) is 34.3 Å². The van der Waals surface area contributed by atoms with Crippen LogP contribution in [0, 0.1) is 28.6 Å². The van der Waals surface area contributed by atoms with Crippen LogP contribution in [0.1, 0.15) is 46.0 Å². The fourth-order valence-corrected chi connectivity index (χ4v) is 6.32. The molecule has 4 aliphatic rings. The van der Waals surface area contributed by atoms with Crippen molar-refractivity contribution >= 4 is 17.5 Å². The highest BCUT2D eigenvalue weighted by Gasteiger charge is 2.60. The maximum Gasteiger partial charge on any atom is 0.330 e. The van der Waals surface area contributed by atoms with E-state index in [2.05, 4.69) is 13.8 Å². The lowest BCUT2D eigenvalue weighted by atomic mass is 9.48. The predicted molar refractivity (Wildman–Crippen MR) is 97.1 cm³/mol. The number of rotatable bonds is 1. The molecule has 0 spiro atoms. The Balaban J connectivity index is 1.72. The number of hydrogen-bond donors (Lipinski definition) is 0. The number of ether oxygens (including phenoxy) is 1. The standard InChI is InChI=1S/C22H26O4/c1-21-9-8-15(23)10-13(21)4-6-16-17-7-5-14(11-19(25)26-3)22(17,2)12-18(24)20(16)21/h8-11,16-17,20H,4-7,12H2,1-3H3/b14-11+/t16-,17-,20+,21-,22+/m1/s1. The van der Waals surface area contributed by atoms with Gasteiger partial charge in [-0.1, -0.05) is 31.1 Å². The Morgan fingerprint density at radius 2 is 2.00 bits per heavy atom. The Morgan fingerprint density at radius 3 is 2.73 bits per heavy atom. The monoisotopic (exact) mass is 354 g/mol. The fraction of sp³-hybridized carbons (Fsp3) is 0.591. The molecule has 0 unspecified atom stereocenters. The van der Waals surface area contributed by atoms with Crippen molar-refractivity contribution in [3.05, 3.63) is 35.5 Å². The summed E-state index contributed by atoms with van der Waals surface area (Å²) < 4.78 is 4.82. The van der Waals surface area contributed by atoms with Gasteiger partial charge in [0.2, 0.25) is 0 Å². The van der Waals surface area contributed by atoms with Gasteiger partial charge >= 0.3 is 5.97 Å². The van der Waals surface area contributed by atoms with Gasteiger partial charge in [0.25, 0.3) is 0 Å². The molecule has 0 amide bonds. The number of fused-ring (bicyclic) bond motifs is 5. The molecule has 0 aromatic carbocycles. The molecule has 0 aliphatic heterocycles. The Kier molecular flexibility index (Phi) is 3.87. The number of ketones is 2. The molecule has 4 nitrogen and oxygen atoms in total.